The van der Waals surface area contributed by atoms with Crippen molar-refractivity contribution in [1.82, 2.24) is 9.88 Å². The second-order valence-corrected chi connectivity index (χ2v) is 8.45. The van der Waals surface area contributed by atoms with Crippen LogP contribution in [0.3, 0.4) is 0 Å². The molecule has 2 heterocycles. The number of hydrogen-bond donors (Lipinski definition) is 1. The van der Waals surface area contributed by atoms with E-state index in [1.54, 1.807) is 19.2 Å². The number of aryl methyl sites for hydroxylation is 1. The summed E-state index contributed by atoms with van der Waals surface area (Å²) in [7, 11) is 1.37. The first-order valence-electron chi connectivity index (χ1n) is 11.5. The number of hydrogen-bond acceptors (Lipinski definition) is 5. The third-order valence-electron chi connectivity index (χ3n) is 6.19. The number of alkyl halides is 3. The van der Waals surface area contributed by atoms with Crippen molar-refractivity contribution in [3.8, 4) is 11.5 Å². The molecule has 3 aromatic rings. The van der Waals surface area contributed by atoms with Crippen molar-refractivity contribution in [3.05, 3.63) is 88.1 Å². The van der Waals surface area contributed by atoms with Crippen LogP contribution >= 0.6 is 0 Å². The molecular formula is C26H23F4N3O5. The third-order valence-corrected chi connectivity index (χ3v) is 6.19. The van der Waals surface area contributed by atoms with E-state index < -0.39 is 47.3 Å². The smallest absolute Gasteiger partial charge is 0.497 e. The number of pyridine rings is 1. The van der Waals surface area contributed by atoms with Gasteiger partial charge in [0.05, 0.1) is 7.11 Å². The van der Waals surface area contributed by atoms with E-state index in [-0.39, 0.29) is 29.1 Å². The van der Waals surface area contributed by atoms with Gasteiger partial charge in [-0.15, -0.1) is 13.2 Å². The summed E-state index contributed by atoms with van der Waals surface area (Å²) in [4.78, 5) is 40.6. The van der Waals surface area contributed by atoms with E-state index in [1.807, 2.05) is 0 Å². The van der Waals surface area contributed by atoms with Gasteiger partial charge in [0, 0.05) is 36.8 Å². The molecule has 2 aromatic carbocycles. The second kappa shape index (κ2) is 10.6. The maximum Gasteiger partial charge on any atom is 0.573 e. The predicted octanol–water partition coefficient (Wildman–Crippen LogP) is 3.84. The number of methoxy groups -OCH3 is 1. The summed E-state index contributed by atoms with van der Waals surface area (Å²) in [5.74, 6) is -3.24. The van der Waals surface area contributed by atoms with Crippen molar-refractivity contribution < 1.29 is 36.6 Å². The molecule has 38 heavy (non-hydrogen) atoms. The van der Waals surface area contributed by atoms with Gasteiger partial charge in [0.2, 0.25) is 5.91 Å². The first-order chi connectivity index (χ1) is 18.0. The molecule has 1 fully saturated rings. The quantitative estimate of drug-likeness (QED) is 0.467. The largest absolute Gasteiger partial charge is 0.573 e. The zero-order valence-corrected chi connectivity index (χ0v) is 20.3. The topological polar surface area (TPSA) is 89.9 Å². The van der Waals surface area contributed by atoms with Crippen molar-refractivity contribution in [2.24, 2.45) is 0 Å². The number of rotatable bonds is 7. The predicted molar refractivity (Wildman–Crippen MR) is 129 cm³/mol. The van der Waals surface area contributed by atoms with Crippen molar-refractivity contribution in [1.29, 1.82) is 0 Å². The monoisotopic (exact) mass is 533 g/mol. The molecular weight excluding hydrogens is 510 g/mol. The molecule has 4 rings (SSSR count). The Balaban J connectivity index is 1.67. The lowest BCUT2D eigenvalue weighted by Crippen LogP contribution is -2.44. The number of carbonyl (C=O) groups is 2. The molecule has 1 aliphatic rings. The molecule has 12 heteroatoms. The van der Waals surface area contributed by atoms with Crippen LogP contribution in [0.4, 0.5) is 23.2 Å². The molecule has 0 aliphatic carbocycles. The van der Waals surface area contributed by atoms with Crippen molar-refractivity contribution in [2.75, 3.05) is 18.6 Å². The van der Waals surface area contributed by atoms with Gasteiger partial charge in [-0.05, 0) is 55.0 Å². The Labute approximate surface area is 214 Å². The van der Waals surface area contributed by atoms with Crippen LogP contribution < -0.4 is 25.2 Å². The van der Waals surface area contributed by atoms with Crippen LogP contribution in [0, 0.1) is 5.82 Å². The van der Waals surface area contributed by atoms with Gasteiger partial charge in [0.15, 0.2) is 0 Å². The number of nitrogens with zero attached hydrogens (tertiary/aromatic N) is 2. The third kappa shape index (κ3) is 5.48. The number of aromatic nitrogens is 1. The number of nitrogens with one attached hydrogen (secondary N) is 1. The van der Waals surface area contributed by atoms with Crippen molar-refractivity contribution in [3.63, 3.8) is 0 Å². The molecule has 0 bridgehead atoms. The molecule has 0 spiro atoms. The summed E-state index contributed by atoms with van der Waals surface area (Å²) < 4.78 is 62.7. The van der Waals surface area contributed by atoms with Gasteiger partial charge in [-0.3, -0.25) is 14.4 Å². The molecule has 2 atom stereocenters. The average molecular weight is 533 g/mol. The van der Waals surface area contributed by atoms with Crippen LogP contribution in [0.15, 0.2) is 65.6 Å². The molecule has 1 N–H and O–H groups in total. The molecule has 0 saturated carbocycles. The van der Waals surface area contributed by atoms with Gasteiger partial charge in [0.1, 0.15) is 29.0 Å². The van der Waals surface area contributed by atoms with Gasteiger partial charge in [-0.1, -0.05) is 6.07 Å². The second-order valence-electron chi connectivity index (χ2n) is 8.45. The number of carbonyl (C=O) groups excluding carboxylic acids is 2. The van der Waals surface area contributed by atoms with Crippen LogP contribution in [-0.2, 0) is 11.3 Å². The lowest BCUT2D eigenvalue weighted by atomic mass is 9.93. The standard InChI is InChI=1S/C26H23F4N3O5/c1-3-32-12-4-5-21(24(32)35)33-14-19(18-11-10-17(37-2)13-20(18)27)22(25(33)36)31-23(34)15-6-8-16(9-7-15)38-26(28,29)30/h4-13,19,22H,3,14H2,1-2H3,(H,31,34)/t19-,22-/m0/s1. The summed E-state index contributed by atoms with van der Waals surface area (Å²) in [5, 5.41) is 2.56. The molecule has 1 saturated heterocycles. The Morgan fingerprint density at radius 1 is 1.08 bits per heavy atom. The molecule has 0 radical (unpaired) electrons. The Morgan fingerprint density at radius 3 is 2.37 bits per heavy atom. The first kappa shape index (κ1) is 26.7. The minimum absolute atomic E-state index is 0.0484. The summed E-state index contributed by atoms with van der Waals surface area (Å²) in [6.45, 7) is 2.02. The summed E-state index contributed by atoms with van der Waals surface area (Å²) in [6, 6.07) is 10.0. The van der Waals surface area contributed by atoms with E-state index in [2.05, 4.69) is 10.1 Å². The van der Waals surface area contributed by atoms with E-state index in [4.69, 9.17) is 4.74 Å². The number of benzene rings is 2. The summed E-state index contributed by atoms with van der Waals surface area (Å²) >= 11 is 0. The molecule has 200 valence electrons. The minimum Gasteiger partial charge on any atom is -0.497 e. The lowest BCUT2D eigenvalue weighted by molar-refractivity contribution is -0.274. The van der Waals surface area contributed by atoms with Crippen LogP contribution in [0.25, 0.3) is 0 Å². The van der Waals surface area contributed by atoms with Crippen LogP contribution in [0.2, 0.25) is 0 Å². The fraction of sp³-hybridized carbons (Fsp3) is 0.269. The maximum absolute atomic E-state index is 15.1. The van der Waals surface area contributed by atoms with E-state index in [0.29, 0.717) is 6.54 Å². The van der Waals surface area contributed by atoms with Crippen LogP contribution in [0.5, 0.6) is 11.5 Å². The van der Waals surface area contributed by atoms with E-state index in [1.165, 1.54) is 34.8 Å². The van der Waals surface area contributed by atoms with Gasteiger partial charge in [0.25, 0.3) is 11.5 Å². The number of halogens is 4. The number of amides is 2. The zero-order chi connectivity index (χ0) is 27.6. The van der Waals surface area contributed by atoms with Crippen molar-refractivity contribution in [2.45, 2.75) is 31.8 Å². The Bertz CT molecular complexity index is 1410. The molecule has 1 aliphatic heterocycles. The number of anilines is 1. The number of ether oxygens (including phenoxy) is 2. The Hall–Kier alpha value is -4.35. The van der Waals surface area contributed by atoms with Crippen LogP contribution in [0.1, 0.15) is 28.8 Å². The van der Waals surface area contributed by atoms with Gasteiger partial charge in [-0.25, -0.2) is 4.39 Å². The fourth-order valence-electron chi connectivity index (χ4n) is 4.34. The van der Waals surface area contributed by atoms with Gasteiger partial charge >= 0.3 is 6.36 Å². The van der Waals surface area contributed by atoms with Gasteiger partial charge < -0.3 is 24.3 Å². The van der Waals surface area contributed by atoms with E-state index in [0.717, 1.165) is 30.3 Å². The fourth-order valence-corrected chi connectivity index (χ4v) is 4.34. The highest BCUT2D eigenvalue weighted by atomic mass is 19.4. The first-order valence-corrected chi connectivity index (χ1v) is 11.5. The Morgan fingerprint density at radius 2 is 1.76 bits per heavy atom. The highest BCUT2D eigenvalue weighted by molar-refractivity contribution is 6.05. The SMILES string of the molecule is CCn1cccc(N2C[C@@H](c3ccc(OC)cc3F)[C@H](NC(=O)c3ccc(OC(F)(F)F)cc3)C2=O)c1=O. The highest BCUT2D eigenvalue weighted by Gasteiger charge is 2.44. The minimum atomic E-state index is -4.90. The molecule has 0 unspecified atom stereocenters. The van der Waals surface area contributed by atoms with Crippen molar-refractivity contribution >= 4 is 17.5 Å². The van der Waals surface area contributed by atoms with E-state index >= 15 is 4.39 Å². The lowest BCUT2D eigenvalue weighted by Gasteiger charge is -2.19. The summed E-state index contributed by atoms with van der Waals surface area (Å²) in [5.41, 5.74) is -0.284. The van der Waals surface area contributed by atoms with E-state index in [9.17, 15) is 27.6 Å². The normalized spacial score (nSPS) is 17.4. The molecule has 8 nitrogen and oxygen atoms in total. The average Bonchev–Trinajstić information content (AvgIpc) is 3.18. The molecule has 1 aromatic heterocycles. The Kier molecular flexibility index (Phi) is 7.42. The van der Waals surface area contributed by atoms with Gasteiger partial charge in [-0.2, -0.15) is 0 Å². The highest BCUT2D eigenvalue weighted by Crippen LogP contribution is 2.34. The maximum atomic E-state index is 15.1. The molecule has 2 amide bonds. The summed E-state index contributed by atoms with van der Waals surface area (Å²) in [6.07, 6.45) is -3.33. The van der Waals surface area contributed by atoms with Crippen LogP contribution in [-0.4, -0.2) is 42.4 Å². The zero-order valence-electron chi connectivity index (χ0n) is 20.3.